The molecule has 1 aliphatic carbocycles. The van der Waals surface area contributed by atoms with E-state index in [0.29, 0.717) is 5.69 Å². The van der Waals surface area contributed by atoms with E-state index in [1.807, 2.05) is 6.07 Å². The van der Waals surface area contributed by atoms with Gasteiger partial charge in [0.1, 0.15) is 5.82 Å². The molecule has 2 aromatic rings. The van der Waals surface area contributed by atoms with Crippen LogP contribution in [-0.4, -0.2) is 5.97 Å². The maximum Gasteiger partial charge on any atom is 0.123 e. The first-order chi connectivity index (χ1) is 11.5. The zero-order chi connectivity index (χ0) is 16.8. The molecule has 122 valence electrons. The predicted molar refractivity (Wildman–Crippen MR) is 91.2 cm³/mol. The maximum atomic E-state index is 13.3. The number of hydrogen-bond donors (Lipinski definition) is 1. The summed E-state index contributed by atoms with van der Waals surface area (Å²) in [5.41, 5.74) is 2.65. The van der Waals surface area contributed by atoms with Crippen LogP contribution in [0.5, 0.6) is 0 Å². The van der Waals surface area contributed by atoms with Crippen LogP contribution < -0.4 is 10.4 Å². The van der Waals surface area contributed by atoms with Gasteiger partial charge in [0.2, 0.25) is 0 Å². The van der Waals surface area contributed by atoms with Crippen molar-refractivity contribution >= 4 is 27.6 Å². The Morgan fingerprint density at radius 1 is 1.25 bits per heavy atom. The largest absolute Gasteiger partial charge is 0.545 e. The SMILES string of the molecule is O=C([O-])c1cc(Br)cc2c1N[C@@H](c1ccc(F)cc1)[C@@H]1CC=C[C@H]21. The molecular weight excluding hydrogens is 373 g/mol. The van der Waals surface area contributed by atoms with E-state index in [1.165, 1.54) is 12.1 Å². The molecule has 0 spiro atoms. The molecule has 0 bridgehead atoms. The molecule has 2 aliphatic rings. The number of halogens is 2. The second kappa shape index (κ2) is 5.74. The first-order valence-electron chi connectivity index (χ1n) is 7.78. The van der Waals surface area contributed by atoms with Crippen molar-refractivity contribution in [2.75, 3.05) is 5.32 Å². The van der Waals surface area contributed by atoms with E-state index in [1.54, 1.807) is 18.2 Å². The van der Waals surface area contributed by atoms with Gasteiger partial charge in [-0.1, -0.05) is 40.2 Å². The average Bonchev–Trinajstić information content (AvgIpc) is 3.04. The quantitative estimate of drug-likeness (QED) is 0.799. The molecule has 1 N–H and O–H groups in total. The zero-order valence-electron chi connectivity index (χ0n) is 12.6. The minimum absolute atomic E-state index is 0.0719. The van der Waals surface area contributed by atoms with Crippen LogP contribution in [0.15, 0.2) is 53.0 Å². The number of nitrogens with one attached hydrogen (secondary N) is 1. The molecule has 0 radical (unpaired) electrons. The molecule has 0 fully saturated rings. The minimum atomic E-state index is -1.21. The van der Waals surface area contributed by atoms with Crippen LogP contribution in [-0.2, 0) is 0 Å². The summed E-state index contributed by atoms with van der Waals surface area (Å²) in [6.07, 6.45) is 5.15. The summed E-state index contributed by atoms with van der Waals surface area (Å²) in [6.45, 7) is 0. The number of carbonyl (C=O) groups excluding carboxylic acids is 1. The monoisotopic (exact) mass is 386 g/mol. The molecule has 2 aromatic carbocycles. The minimum Gasteiger partial charge on any atom is -0.545 e. The molecule has 0 aromatic heterocycles. The maximum absolute atomic E-state index is 13.3. The second-order valence-electron chi connectivity index (χ2n) is 6.23. The fraction of sp³-hybridized carbons (Fsp3) is 0.211. The van der Waals surface area contributed by atoms with E-state index in [9.17, 15) is 14.3 Å². The lowest BCUT2D eigenvalue weighted by Gasteiger charge is -2.38. The molecule has 4 rings (SSSR count). The Morgan fingerprint density at radius 3 is 2.71 bits per heavy atom. The number of fused-ring (bicyclic) bond motifs is 3. The second-order valence-corrected chi connectivity index (χ2v) is 7.15. The van der Waals surface area contributed by atoms with Crippen LogP contribution >= 0.6 is 15.9 Å². The molecule has 24 heavy (non-hydrogen) atoms. The fourth-order valence-electron chi connectivity index (χ4n) is 3.83. The smallest absolute Gasteiger partial charge is 0.123 e. The predicted octanol–water partition coefficient (Wildman–Crippen LogP) is 3.78. The number of benzene rings is 2. The van der Waals surface area contributed by atoms with E-state index in [4.69, 9.17) is 0 Å². The van der Waals surface area contributed by atoms with Crippen molar-refractivity contribution in [1.29, 1.82) is 0 Å². The highest BCUT2D eigenvalue weighted by Crippen LogP contribution is 2.51. The van der Waals surface area contributed by atoms with Crippen molar-refractivity contribution < 1.29 is 14.3 Å². The topological polar surface area (TPSA) is 52.2 Å². The van der Waals surface area contributed by atoms with Crippen LogP contribution in [0.25, 0.3) is 0 Å². The highest BCUT2D eigenvalue weighted by Gasteiger charge is 2.39. The Kier molecular flexibility index (Phi) is 3.68. The van der Waals surface area contributed by atoms with Gasteiger partial charge in [0.05, 0.1) is 12.0 Å². The summed E-state index contributed by atoms with van der Waals surface area (Å²) < 4.78 is 14.0. The van der Waals surface area contributed by atoms with Gasteiger partial charge in [-0.05, 0) is 47.7 Å². The number of hydrogen-bond acceptors (Lipinski definition) is 3. The van der Waals surface area contributed by atoms with E-state index >= 15 is 0 Å². The first-order valence-corrected chi connectivity index (χ1v) is 8.57. The van der Waals surface area contributed by atoms with E-state index in [2.05, 4.69) is 33.4 Å². The van der Waals surface area contributed by atoms with E-state index < -0.39 is 5.97 Å². The third kappa shape index (κ3) is 2.44. The number of carboxylic acid groups (broad SMARTS) is 1. The van der Waals surface area contributed by atoms with Crippen molar-refractivity contribution in [3.63, 3.8) is 0 Å². The molecule has 0 unspecified atom stereocenters. The first kappa shape index (κ1) is 15.4. The van der Waals surface area contributed by atoms with Crippen LogP contribution in [0, 0.1) is 11.7 Å². The summed E-state index contributed by atoms with van der Waals surface area (Å²) in [7, 11) is 0. The molecule has 0 saturated carbocycles. The van der Waals surface area contributed by atoms with Crippen LogP contribution in [0.1, 0.15) is 39.9 Å². The van der Waals surface area contributed by atoms with Gasteiger partial charge in [0, 0.05) is 21.6 Å². The highest BCUT2D eigenvalue weighted by molar-refractivity contribution is 9.10. The van der Waals surface area contributed by atoms with E-state index in [0.717, 1.165) is 22.0 Å². The van der Waals surface area contributed by atoms with Gasteiger partial charge in [-0.2, -0.15) is 0 Å². The van der Waals surface area contributed by atoms with Gasteiger partial charge in [0.25, 0.3) is 0 Å². The number of carboxylic acids is 1. The standard InChI is InChI=1S/C19H15BrFNO2/c20-11-8-15-13-2-1-3-14(13)17(10-4-6-12(21)7-5-10)22-18(15)16(9-11)19(23)24/h1-2,4-9,13-14,17,22H,3H2,(H,23,24)/p-1/t13-,14+,17-/m0/s1. The third-order valence-corrected chi connectivity index (χ3v) is 5.34. The molecule has 1 heterocycles. The van der Waals surface area contributed by atoms with Crippen LogP contribution in [0.2, 0.25) is 0 Å². The van der Waals surface area contributed by atoms with Crippen molar-refractivity contribution in [1.82, 2.24) is 0 Å². The summed E-state index contributed by atoms with van der Waals surface area (Å²) in [6, 6.07) is 9.83. The molecule has 3 atom stereocenters. The van der Waals surface area contributed by atoms with Gasteiger partial charge in [0.15, 0.2) is 0 Å². The lowest BCUT2D eigenvalue weighted by atomic mass is 9.76. The summed E-state index contributed by atoms with van der Waals surface area (Å²) in [5, 5.41) is 14.9. The van der Waals surface area contributed by atoms with Gasteiger partial charge < -0.3 is 15.2 Å². The molecule has 0 amide bonds. The Labute approximate surface area is 147 Å². The van der Waals surface area contributed by atoms with Gasteiger partial charge in [-0.15, -0.1) is 0 Å². The number of rotatable bonds is 2. The normalized spacial score (nSPS) is 24.2. The Hall–Kier alpha value is -2.14. The molecule has 1 aliphatic heterocycles. The van der Waals surface area contributed by atoms with Gasteiger partial charge in [-0.3, -0.25) is 0 Å². The fourth-order valence-corrected chi connectivity index (χ4v) is 4.30. The van der Waals surface area contributed by atoms with Gasteiger partial charge in [-0.25, -0.2) is 4.39 Å². The third-order valence-electron chi connectivity index (χ3n) is 4.88. The lowest BCUT2D eigenvalue weighted by Crippen LogP contribution is -2.32. The summed E-state index contributed by atoms with van der Waals surface area (Å²) in [4.78, 5) is 11.6. The number of carbonyl (C=O) groups is 1. The lowest BCUT2D eigenvalue weighted by molar-refractivity contribution is -0.254. The Bertz CT molecular complexity index is 847. The van der Waals surface area contributed by atoms with Crippen LogP contribution in [0.4, 0.5) is 10.1 Å². The van der Waals surface area contributed by atoms with Gasteiger partial charge >= 0.3 is 0 Å². The van der Waals surface area contributed by atoms with Crippen LogP contribution in [0.3, 0.4) is 0 Å². The summed E-state index contributed by atoms with van der Waals surface area (Å²) in [5.74, 6) is -1.09. The number of allylic oxidation sites excluding steroid dienone is 2. The van der Waals surface area contributed by atoms with Crippen molar-refractivity contribution in [3.05, 3.63) is 75.5 Å². The van der Waals surface area contributed by atoms with Crippen molar-refractivity contribution in [2.45, 2.75) is 18.4 Å². The zero-order valence-corrected chi connectivity index (χ0v) is 14.2. The van der Waals surface area contributed by atoms with Crippen molar-refractivity contribution in [2.24, 2.45) is 5.92 Å². The number of aromatic carboxylic acids is 1. The summed E-state index contributed by atoms with van der Waals surface area (Å²) >= 11 is 3.39. The average molecular weight is 387 g/mol. The molecule has 3 nitrogen and oxygen atoms in total. The van der Waals surface area contributed by atoms with Crippen molar-refractivity contribution in [3.8, 4) is 0 Å². The molecular formula is C19H14BrFNO2-. The Balaban J connectivity index is 1.86. The Morgan fingerprint density at radius 2 is 2.00 bits per heavy atom. The molecule has 0 saturated heterocycles. The van der Waals surface area contributed by atoms with E-state index in [-0.39, 0.29) is 29.3 Å². The molecule has 5 heteroatoms. The highest BCUT2D eigenvalue weighted by atomic mass is 79.9. The number of anilines is 1.